The van der Waals surface area contributed by atoms with Crippen molar-refractivity contribution in [3.8, 4) is 17.2 Å². The van der Waals surface area contributed by atoms with E-state index in [0.717, 1.165) is 17.4 Å². The number of rotatable bonds is 3. The van der Waals surface area contributed by atoms with Crippen LogP contribution in [-0.2, 0) is 14.2 Å². The standard InChI is InChI=1S/C33H33ClF2N6O5S/c1-32(2,3)46-30(43)40-29-20(10-37)23-18(7-8-22(35)27(23)48-29)24-21(34)9-19-26(25(24)36)38-15-39-28(19)42-16-11-41(12-17(42)14-45-13-16)31(44)47-33(4,5)6/h7-9,15-17H,11-14H2,1-6H3,(H,40,43). The Morgan fingerprint density at radius 3 is 2.38 bits per heavy atom. The lowest BCUT2D eigenvalue weighted by molar-refractivity contribution is -0.0106. The Morgan fingerprint density at radius 2 is 1.75 bits per heavy atom. The van der Waals surface area contributed by atoms with Crippen LogP contribution in [0.3, 0.4) is 0 Å². The summed E-state index contributed by atoms with van der Waals surface area (Å²) in [6.45, 7) is 11.7. The molecular weight excluding hydrogens is 666 g/mol. The molecule has 1 N–H and O–H groups in total. The second-order valence-electron chi connectivity index (χ2n) is 13.6. The number of aromatic nitrogens is 2. The van der Waals surface area contributed by atoms with Gasteiger partial charge in [-0.15, -0.1) is 11.3 Å². The molecule has 6 rings (SSSR count). The van der Waals surface area contributed by atoms with E-state index >= 15 is 8.78 Å². The van der Waals surface area contributed by atoms with E-state index in [2.05, 4.69) is 15.3 Å². The summed E-state index contributed by atoms with van der Waals surface area (Å²) in [5.74, 6) is -1.02. The number of hydrogen-bond acceptors (Lipinski definition) is 10. The van der Waals surface area contributed by atoms with Gasteiger partial charge in [0.1, 0.15) is 45.8 Å². The molecule has 2 amide bonds. The molecule has 2 aliphatic heterocycles. The van der Waals surface area contributed by atoms with Crippen molar-refractivity contribution in [3.63, 3.8) is 0 Å². The molecule has 48 heavy (non-hydrogen) atoms. The first-order valence-corrected chi connectivity index (χ1v) is 16.4. The van der Waals surface area contributed by atoms with Crippen LogP contribution in [0.25, 0.3) is 32.1 Å². The van der Waals surface area contributed by atoms with Crippen LogP contribution in [0.1, 0.15) is 47.1 Å². The molecule has 2 bridgehead atoms. The Bertz CT molecular complexity index is 1990. The number of nitrogens with one attached hydrogen (secondary N) is 1. The van der Waals surface area contributed by atoms with Crippen molar-refractivity contribution < 1.29 is 32.6 Å². The molecule has 2 unspecified atom stereocenters. The van der Waals surface area contributed by atoms with E-state index in [0.29, 0.717) is 37.5 Å². The predicted molar refractivity (Wildman–Crippen MR) is 179 cm³/mol. The van der Waals surface area contributed by atoms with Gasteiger partial charge in [0.25, 0.3) is 0 Å². The van der Waals surface area contributed by atoms with Gasteiger partial charge in [-0.3, -0.25) is 5.32 Å². The van der Waals surface area contributed by atoms with Gasteiger partial charge in [0, 0.05) is 29.4 Å². The number of piperazine rings is 1. The van der Waals surface area contributed by atoms with Crippen LogP contribution in [0.5, 0.6) is 0 Å². The zero-order valence-corrected chi connectivity index (χ0v) is 28.7. The van der Waals surface area contributed by atoms with Gasteiger partial charge in [-0.25, -0.2) is 28.3 Å². The molecule has 4 aromatic rings. The predicted octanol–water partition coefficient (Wildman–Crippen LogP) is 7.49. The van der Waals surface area contributed by atoms with Crippen molar-refractivity contribution in [1.82, 2.24) is 14.9 Å². The van der Waals surface area contributed by atoms with Crippen molar-refractivity contribution in [3.05, 3.63) is 46.7 Å². The number of hydrogen-bond donors (Lipinski definition) is 1. The van der Waals surface area contributed by atoms with E-state index in [4.69, 9.17) is 25.8 Å². The molecule has 0 saturated carbocycles. The summed E-state index contributed by atoms with van der Waals surface area (Å²) in [5.41, 5.74) is -1.51. The van der Waals surface area contributed by atoms with Crippen molar-refractivity contribution in [1.29, 1.82) is 5.26 Å². The number of benzene rings is 2. The van der Waals surface area contributed by atoms with E-state index in [1.807, 2.05) is 11.0 Å². The number of fused-ring (bicyclic) bond motifs is 4. The first-order valence-electron chi connectivity index (χ1n) is 15.2. The van der Waals surface area contributed by atoms with Crippen molar-refractivity contribution in [2.45, 2.75) is 64.8 Å². The minimum Gasteiger partial charge on any atom is -0.444 e. The van der Waals surface area contributed by atoms with Crippen LogP contribution in [0, 0.1) is 23.0 Å². The summed E-state index contributed by atoms with van der Waals surface area (Å²) >= 11 is 7.66. The van der Waals surface area contributed by atoms with E-state index in [-0.39, 0.29) is 54.4 Å². The number of ether oxygens (including phenoxy) is 3. The van der Waals surface area contributed by atoms with Gasteiger partial charge in [-0.05, 0) is 59.2 Å². The topological polar surface area (TPSA) is 130 Å². The number of nitrogens with zero attached hydrogens (tertiary/aromatic N) is 5. The fourth-order valence-electron chi connectivity index (χ4n) is 6.03. The number of carbonyl (C=O) groups is 2. The largest absolute Gasteiger partial charge is 0.444 e. The van der Waals surface area contributed by atoms with E-state index in [1.54, 1.807) is 52.5 Å². The van der Waals surface area contributed by atoms with Gasteiger partial charge in [0.2, 0.25) is 0 Å². The number of morpholine rings is 1. The molecule has 11 nitrogen and oxygen atoms in total. The molecule has 2 aromatic heterocycles. The monoisotopic (exact) mass is 698 g/mol. The third-order valence-corrected chi connectivity index (χ3v) is 9.16. The molecule has 252 valence electrons. The van der Waals surface area contributed by atoms with Crippen molar-refractivity contribution in [2.24, 2.45) is 0 Å². The lowest BCUT2D eigenvalue weighted by Crippen LogP contribution is -2.66. The number of thiophene rings is 1. The smallest absolute Gasteiger partial charge is 0.412 e. The normalized spacial score (nSPS) is 18.2. The third-order valence-electron chi connectivity index (χ3n) is 7.75. The lowest BCUT2D eigenvalue weighted by Gasteiger charge is -2.50. The number of amides is 2. The van der Waals surface area contributed by atoms with Gasteiger partial charge in [-0.2, -0.15) is 5.26 Å². The SMILES string of the molecule is CC(C)(C)OC(=O)Nc1sc2c(F)ccc(-c3c(Cl)cc4c(N5C6COCC5CN(C(=O)OC(C)(C)C)C6)ncnc4c3F)c2c1C#N. The zero-order chi connectivity index (χ0) is 34.7. The molecule has 0 radical (unpaired) electrons. The fourth-order valence-corrected chi connectivity index (χ4v) is 7.39. The first-order chi connectivity index (χ1) is 22.6. The lowest BCUT2D eigenvalue weighted by atomic mass is 9.96. The summed E-state index contributed by atoms with van der Waals surface area (Å²) in [5, 5.41) is 13.1. The van der Waals surface area contributed by atoms with Gasteiger partial charge in [-0.1, -0.05) is 17.7 Å². The second kappa shape index (κ2) is 12.3. The molecule has 4 heterocycles. The van der Waals surface area contributed by atoms with Crippen molar-refractivity contribution in [2.75, 3.05) is 36.5 Å². The Balaban J connectivity index is 1.43. The van der Waals surface area contributed by atoms with E-state index in [1.165, 1.54) is 12.4 Å². The maximum Gasteiger partial charge on any atom is 0.412 e. The highest BCUT2D eigenvalue weighted by Gasteiger charge is 2.42. The second-order valence-corrected chi connectivity index (χ2v) is 15.1. The van der Waals surface area contributed by atoms with Crippen LogP contribution in [-0.4, -0.2) is 76.6 Å². The molecule has 2 saturated heterocycles. The number of nitriles is 1. The molecule has 0 aliphatic carbocycles. The molecular formula is C33H33ClF2N6O5S. The highest BCUT2D eigenvalue weighted by atomic mass is 35.5. The van der Waals surface area contributed by atoms with Crippen LogP contribution >= 0.6 is 22.9 Å². The molecule has 2 aromatic carbocycles. The highest BCUT2D eigenvalue weighted by molar-refractivity contribution is 7.23. The summed E-state index contributed by atoms with van der Waals surface area (Å²) in [6.07, 6.45) is 0.00300. The maximum atomic E-state index is 16.7. The number of carbonyl (C=O) groups excluding carboxylic acids is 2. The summed E-state index contributed by atoms with van der Waals surface area (Å²) in [7, 11) is 0. The maximum absolute atomic E-state index is 16.7. The Hall–Kier alpha value is -4.32. The van der Waals surface area contributed by atoms with Gasteiger partial charge >= 0.3 is 12.2 Å². The highest BCUT2D eigenvalue weighted by Crippen LogP contribution is 2.46. The minimum absolute atomic E-state index is 0.0190. The Morgan fingerprint density at radius 1 is 1.08 bits per heavy atom. The summed E-state index contributed by atoms with van der Waals surface area (Å²) < 4.78 is 48.6. The van der Waals surface area contributed by atoms with E-state index in [9.17, 15) is 14.9 Å². The van der Waals surface area contributed by atoms with Crippen LogP contribution in [0.15, 0.2) is 24.5 Å². The molecule has 2 atom stereocenters. The molecule has 15 heteroatoms. The average molecular weight is 699 g/mol. The quantitative estimate of drug-likeness (QED) is 0.231. The van der Waals surface area contributed by atoms with Crippen LogP contribution in [0.4, 0.5) is 29.2 Å². The van der Waals surface area contributed by atoms with Crippen LogP contribution in [0.2, 0.25) is 5.02 Å². The molecule has 0 spiro atoms. The van der Waals surface area contributed by atoms with Crippen LogP contribution < -0.4 is 10.2 Å². The summed E-state index contributed by atoms with van der Waals surface area (Å²) in [4.78, 5) is 37.9. The van der Waals surface area contributed by atoms with Crippen molar-refractivity contribution >= 4 is 66.9 Å². The Labute approximate surface area is 284 Å². The summed E-state index contributed by atoms with van der Waals surface area (Å²) in [6, 6.07) is 5.47. The zero-order valence-electron chi connectivity index (χ0n) is 27.1. The average Bonchev–Trinajstić information content (AvgIpc) is 3.34. The number of anilines is 2. The minimum atomic E-state index is -0.825. The fraction of sp³-hybridized carbons (Fsp3) is 0.424. The molecule has 2 fully saturated rings. The van der Waals surface area contributed by atoms with Gasteiger partial charge in [0.15, 0.2) is 5.82 Å². The van der Waals surface area contributed by atoms with E-state index < -0.39 is 35.0 Å². The molecule has 2 aliphatic rings. The first kappa shape index (κ1) is 33.6. The number of halogens is 3. The van der Waals surface area contributed by atoms with Gasteiger partial charge < -0.3 is 24.0 Å². The Kier molecular flexibility index (Phi) is 8.60. The third kappa shape index (κ3) is 6.29. The van der Waals surface area contributed by atoms with Gasteiger partial charge in [0.05, 0.1) is 40.6 Å².